The molecule has 0 aliphatic heterocycles. The van der Waals surface area contributed by atoms with Crippen molar-refractivity contribution in [3.63, 3.8) is 0 Å². The van der Waals surface area contributed by atoms with Gasteiger partial charge in [-0.25, -0.2) is 0 Å². The van der Waals surface area contributed by atoms with Gasteiger partial charge >= 0.3 is 0 Å². The second kappa shape index (κ2) is 6.93. The molecule has 0 aliphatic carbocycles. The fourth-order valence-electron chi connectivity index (χ4n) is 2.41. The van der Waals surface area contributed by atoms with Crippen LogP contribution in [0.15, 0.2) is 0 Å². The SMILES string of the molecule is CCCC(C)n1nc(C)c(CNCC(C)C)c1C. The molecular weight excluding hydrogens is 222 g/mol. The molecule has 0 amide bonds. The zero-order valence-electron chi connectivity index (χ0n) is 12.9. The predicted octanol–water partition coefficient (Wildman–Crippen LogP) is 3.61. The van der Waals surface area contributed by atoms with E-state index in [0.717, 1.165) is 13.1 Å². The number of nitrogens with zero attached hydrogens (tertiary/aromatic N) is 2. The summed E-state index contributed by atoms with van der Waals surface area (Å²) in [6, 6.07) is 0.507. The first kappa shape index (κ1) is 15.2. The lowest BCUT2D eigenvalue weighted by molar-refractivity contribution is 0.443. The summed E-state index contributed by atoms with van der Waals surface area (Å²) in [5.41, 5.74) is 3.87. The van der Waals surface area contributed by atoms with Gasteiger partial charge in [-0.05, 0) is 39.7 Å². The normalized spacial score (nSPS) is 13.3. The highest BCUT2D eigenvalue weighted by molar-refractivity contribution is 5.24. The molecule has 0 bridgehead atoms. The van der Waals surface area contributed by atoms with Crippen molar-refractivity contribution in [3.8, 4) is 0 Å². The Kier molecular flexibility index (Phi) is 5.86. The molecule has 1 unspecified atom stereocenters. The molecule has 1 rings (SSSR count). The monoisotopic (exact) mass is 251 g/mol. The molecule has 0 spiro atoms. The van der Waals surface area contributed by atoms with Crippen LogP contribution >= 0.6 is 0 Å². The number of rotatable bonds is 7. The van der Waals surface area contributed by atoms with Gasteiger partial charge in [0.2, 0.25) is 0 Å². The summed E-state index contributed by atoms with van der Waals surface area (Å²) in [5.74, 6) is 0.694. The molecular formula is C15H29N3. The minimum absolute atomic E-state index is 0.507. The van der Waals surface area contributed by atoms with E-state index in [2.05, 4.69) is 51.5 Å². The highest BCUT2D eigenvalue weighted by Gasteiger charge is 2.14. The van der Waals surface area contributed by atoms with Crippen molar-refractivity contribution in [2.75, 3.05) is 6.54 Å². The molecule has 1 N–H and O–H groups in total. The average Bonchev–Trinajstić information content (AvgIpc) is 2.56. The van der Waals surface area contributed by atoms with Crippen LogP contribution in [0.4, 0.5) is 0 Å². The van der Waals surface area contributed by atoms with Crippen LogP contribution in [0.5, 0.6) is 0 Å². The standard InChI is InChI=1S/C15H29N3/c1-7-8-12(4)18-14(6)15(13(5)17-18)10-16-9-11(2)3/h11-12,16H,7-10H2,1-6H3. The van der Waals surface area contributed by atoms with Gasteiger partial charge in [0.05, 0.1) is 5.69 Å². The predicted molar refractivity (Wildman–Crippen MR) is 77.9 cm³/mol. The van der Waals surface area contributed by atoms with Crippen molar-refractivity contribution in [2.24, 2.45) is 5.92 Å². The van der Waals surface area contributed by atoms with Crippen molar-refractivity contribution in [3.05, 3.63) is 17.0 Å². The number of hydrogen-bond acceptors (Lipinski definition) is 2. The van der Waals surface area contributed by atoms with Crippen molar-refractivity contribution in [2.45, 2.75) is 67.0 Å². The van der Waals surface area contributed by atoms with Gasteiger partial charge in [-0.3, -0.25) is 4.68 Å². The molecule has 104 valence electrons. The van der Waals surface area contributed by atoms with Gasteiger partial charge in [-0.2, -0.15) is 5.10 Å². The Morgan fingerprint density at radius 2 is 1.89 bits per heavy atom. The lowest BCUT2D eigenvalue weighted by Crippen LogP contribution is -2.19. The van der Waals surface area contributed by atoms with Gasteiger partial charge in [0.25, 0.3) is 0 Å². The molecule has 3 nitrogen and oxygen atoms in total. The Labute approximate surface area is 112 Å². The van der Waals surface area contributed by atoms with E-state index >= 15 is 0 Å². The van der Waals surface area contributed by atoms with Gasteiger partial charge in [0, 0.05) is 23.8 Å². The maximum Gasteiger partial charge on any atom is 0.0641 e. The highest BCUT2D eigenvalue weighted by Crippen LogP contribution is 2.20. The molecule has 0 saturated heterocycles. The van der Waals surface area contributed by atoms with Gasteiger partial charge in [-0.15, -0.1) is 0 Å². The van der Waals surface area contributed by atoms with Crippen LogP contribution in [0.25, 0.3) is 0 Å². The first-order valence-electron chi connectivity index (χ1n) is 7.22. The first-order chi connectivity index (χ1) is 8.47. The molecule has 0 aromatic carbocycles. The van der Waals surface area contributed by atoms with Crippen LogP contribution in [0, 0.1) is 19.8 Å². The molecule has 0 aliphatic rings. The lowest BCUT2D eigenvalue weighted by Gasteiger charge is -2.13. The second-order valence-corrected chi connectivity index (χ2v) is 5.76. The van der Waals surface area contributed by atoms with Crippen LogP contribution in [0.2, 0.25) is 0 Å². The Balaban J connectivity index is 2.74. The van der Waals surface area contributed by atoms with E-state index < -0.39 is 0 Å². The maximum absolute atomic E-state index is 4.70. The topological polar surface area (TPSA) is 29.9 Å². The zero-order valence-corrected chi connectivity index (χ0v) is 12.9. The number of hydrogen-bond donors (Lipinski definition) is 1. The molecule has 1 aromatic heterocycles. The fraction of sp³-hybridized carbons (Fsp3) is 0.800. The van der Waals surface area contributed by atoms with Gasteiger partial charge in [-0.1, -0.05) is 27.2 Å². The molecule has 1 atom stereocenters. The van der Waals surface area contributed by atoms with Gasteiger partial charge in [0.15, 0.2) is 0 Å². The van der Waals surface area contributed by atoms with E-state index in [1.54, 1.807) is 0 Å². The van der Waals surface area contributed by atoms with Crippen LogP contribution in [-0.4, -0.2) is 16.3 Å². The fourth-order valence-corrected chi connectivity index (χ4v) is 2.41. The Hall–Kier alpha value is -0.830. The number of aryl methyl sites for hydroxylation is 1. The smallest absolute Gasteiger partial charge is 0.0641 e. The minimum Gasteiger partial charge on any atom is -0.312 e. The summed E-state index contributed by atoms with van der Waals surface area (Å²) in [7, 11) is 0. The van der Waals surface area contributed by atoms with E-state index in [9.17, 15) is 0 Å². The Morgan fingerprint density at radius 1 is 1.22 bits per heavy atom. The third kappa shape index (κ3) is 3.84. The van der Waals surface area contributed by atoms with E-state index in [1.807, 2.05) is 0 Å². The van der Waals surface area contributed by atoms with Crippen LogP contribution < -0.4 is 5.32 Å². The molecule has 3 heteroatoms. The Bertz CT molecular complexity index is 366. The first-order valence-corrected chi connectivity index (χ1v) is 7.22. The Morgan fingerprint density at radius 3 is 2.44 bits per heavy atom. The molecule has 18 heavy (non-hydrogen) atoms. The average molecular weight is 251 g/mol. The molecule has 0 fully saturated rings. The summed E-state index contributed by atoms with van der Waals surface area (Å²) >= 11 is 0. The van der Waals surface area contributed by atoms with Crippen LogP contribution in [0.1, 0.15) is 63.5 Å². The van der Waals surface area contributed by atoms with Crippen molar-refractivity contribution >= 4 is 0 Å². The molecule has 1 heterocycles. The van der Waals surface area contributed by atoms with E-state index in [4.69, 9.17) is 5.10 Å². The quantitative estimate of drug-likeness (QED) is 0.802. The van der Waals surface area contributed by atoms with Crippen molar-refractivity contribution in [1.29, 1.82) is 0 Å². The van der Waals surface area contributed by atoms with Crippen LogP contribution in [0.3, 0.4) is 0 Å². The molecule has 0 radical (unpaired) electrons. The number of nitrogens with one attached hydrogen (secondary N) is 1. The van der Waals surface area contributed by atoms with E-state index in [-0.39, 0.29) is 0 Å². The zero-order chi connectivity index (χ0) is 13.7. The van der Waals surface area contributed by atoms with Crippen LogP contribution in [-0.2, 0) is 6.54 Å². The summed E-state index contributed by atoms with van der Waals surface area (Å²) in [6.45, 7) is 15.3. The summed E-state index contributed by atoms with van der Waals surface area (Å²) < 4.78 is 2.20. The minimum atomic E-state index is 0.507. The van der Waals surface area contributed by atoms with Crippen molar-refractivity contribution < 1.29 is 0 Å². The third-order valence-electron chi connectivity index (χ3n) is 3.45. The second-order valence-electron chi connectivity index (χ2n) is 5.76. The summed E-state index contributed by atoms with van der Waals surface area (Å²) in [4.78, 5) is 0. The molecule has 1 aromatic rings. The lowest BCUT2D eigenvalue weighted by atomic mass is 10.1. The summed E-state index contributed by atoms with van der Waals surface area (Å²) in [5, 5.41) is 8.22. The van der Waals surface area contributed by atoms with E-state index in [1.165, 1.54) is 29.8 Å². The van der Waals surface area contributed by atoms with Gasteiger partial charge in [0.1, 0.15) is 0 Å². The van der Waals surface area contributed by atoms with Crippen molar-refractivity contribution in [1.82, 2.24) is 15.1 Å². The summed E-state index contributed by atoms with van der Waals surface area (Å²) in [6.07, 6.45) is 2.40. The van der Waals surface area contributed by atoms with Gasteiger partial charge < -0.3 is 5.32 Å². The molecule has 0 saturated carbocycles. The number of aromatic nitrogens is 2. The third-order valence-corrected chi connectivity index (χ3v) is 3.45. The largest absolute Gasteiger partial charge is 0.312 e. The highest BCUT2D eigenvalue weighted by atomic mass is 15.3. The van der Waals surface area contributed by atoms with E-state index in [0.29, 0.717) is 12.0 Å². The maximum atomic E-state index is 4.70.